The van der Waals surface area contributed by atoms with Gasteiger partial charge < -0.3 is 4.74 Å². The van der Waals surface area contributed by atoms with Crippen molar-refractivity contribution in [2.45, 2.75) is 6.36 Å². The number of nitriles is 1. The molecule has 3 nitrogen and oxygen atoms in total. The van der Waals surface area contributed by atoms with Gasteiger partial charge in [-0.25, -0.2) is 4.98 Å². The van der Waals surface area contributed by atoms with E-state index in [2.05, 4.69) is 41.6 Å². The lowest BCUT2D eigenvalue weighted by atomic mass is 10.3. The Kier molecular flexibility index (Phi) is 3.57. The van der Waals surface area contributed by atoms with Crippen molar-refractivity contribution in [1.82, 2.24) is 4.98 Å². The highest BCUT2D eigenvalue weighted by Crippen LogP contribution is 2.31. The van der Waals surface area contributed by atoms with Gasteiger partial charge in [0.1, 0.15) is 10.7 Å². The molecule has 15 heavy (non-hydrogen) atoms. The SMILES string of the molecule is N#Cc1cc(Br)c(OC(F)(F)F)nc1Br. The number of rotatable bonds is 1. The lowest BCUT2D eigenvalue weighted by Gasteiger charge is -2.09. The van der Waals surface area contributed by atoms with Crippen molar-refractivity contribution in [3.63, 3.8) is 0 Å². The highest BCUT2D eigenvalue weighted by molar-refractivity contribution is 9.11. The van der Waals surface area contributed by atoms with Crippen molar-refractivity contribution in [1.29, 1.82) is 5.26 Å². The van der Waals surface area contributed by atoms with Crippen LogP contribution in [-0.2, 0) is 0 Å². The summed E-state index contributed by atoms with van der Waals surface area (Å²) in [5.74, 6) is -0.645. The second-order valence-corrected chi connectivity index (χ2v) is 3.88. The zero-order chi connectivity index (χ0) is 11.6. The molecule has 0 radical (unpaired) electrons. The first-order valence-corrected chi connectivity index (χ1v) is 4.94. The minimum absolute atomic E-state index is 0.00699. The van der Waals surface area contributed by atoms with Crippen molar-refractivity contribution < 1.29 is 17.9 Å². The van der Waals surface area contributed by atoms with Crippen LogP contribution in [0.1, 0.15) is 5.56 Å². The Hall–Kier alpha value is -0.810. The van der Waals surface area contributed by atoms with Gasteiger partial charge in [0.05, 0.1) is 10.0 Å². The van der Waals surface area contributed by atoms with Crippen molar-refractivity contribution in [3.8, 4) is 11.9 Å². The molecule has 80 valence electrons. The summed E-state index contributed by atoms with van der Waals surface area (Å²) in [5, 5.41) is 8.56. The third-order valence-electron chi connectivity index (χ3n) is 1.23. The zero-order valence-corrected chi connectivity index (χ0v) is 9.94. The van der Waals surface area contributed by atoms with E-state index in [1.807, 2.05) is 0 Å². The summed E-state index contributed by atoms with van der Waals surface area (Å²) >= 11 is 5.66. The van der Waals surface area contributed by atoms with Crippen molar-refractivity contribution in [2.24, 2.45) is 0 Å². The predicted octanol–water partition coefficient (Wildman–Crippen LogP) is 3.38. The molecule has 0 N–H and O–H groups in total. The Balaban J connectivity index is 3.13. The Morgan fingerprint density at radius 1 is 1.40 bits per heavy atom. The molecule has 0 amide bonds. The van der Waals surface area contributed by atoms with E-state index in [4.69, 9.17) is 5.26 Å². The summed E-state index contributed by atoms with van der Waals surface area (Å²) in [6.45, 7) is 0. The molecule has 8 heteroatoms. The van der Waals surface area contributed by atoms with Crippen LogP contribution < -0.4 is 4.74 Å². The fourth-order valence-corrected chi connectivity index (χ4v) is 1.47. The first-order chi connectivity index (χ1) is 6.83. The fourth-order valence-electron chi connectivity index (χ4n) is 0.710. The average molecular weight is 346 g/mol. The van der Waals surface area contributed by atoms with Crippen LogP contribution >= 0.6 is 31.9 Å². The molecule has 1 rings (SSSR count). The number of pyridine rings is 1. The van der Waals surface area contributed by atoms with Crippen molar-refractivity contribution in [2.75, 3.05) is 0 Å². The van der Waals surface area contributed by atoms with Gasteiger partial charge in [-0.15, -0.1) is 13.2 Å². The maximum Gasteiger partial charge on any atom is 0.574 e. The normalized spacial score (nSPS) is 10.9. The van der Waals surface area contributed by atoms with E-state index in [1.165, 1.54) is 6.07 Å². The minimum atomic E-state index is -4.82. The molecule has 0 saturated carbocycles. The number of halogens is 5. The first kappa shape index (κ1) is 12.3. The molecule has 0 saturated heterocycles. The van der Waals surface area contributed by atoms with Gasteiger partial charge in [0.15, 0.2) is 0 Å². The Morgan fingerprint density at radius 3 is 2.47 bits per heavy atom. The van der Waals surface area contributed by atoms with E-state index in [-0.39, 0.29) is 14.6 Å². The van der Waals surface area contributed by atoms with Crippen molar-refractivity contribution >= 4 is 31.9 Å². The van der Waals surface area contributed by atoms with Crippen LogP contribution in [-0.4, -0.2) is 11.3 Å². The van der Waals surface area contributed by atoms with E-state index in [9.17, 15) is 13.2 Å². The maximum atomic E-state index is 11.9. The van der Waals surface area contributed by atoms with Crippen LogP contribution in [0.15, 0.2) is 15.1 Å². The summed E-state index contributed by atoms with van der Waals surface area (Å²) in [5.41, 5.74) is 0.108. The monoisotopic (exact) mass is 344 g/mol. The second-order valence-electron chi connectivity index (χ2n) is 2.27. The molecule has 0 aromatic carbocycles. The number of hydrogen-bond acceptors (Lipinski definition) is 3. The standard InChI is InChI=1S/C7HBr2F3N2O/c8-4-1-3(2-13)5(9)14-6(4)15-7(10,11)12/h1H. The number of hydrogen-bond donors (Lipinski definition) is 0. The van der Waals surface area contributed by atoms with Gasteiger partial charge in [-0.3, -0.25) is 0 Å². The molecule has 0 aliphatic heterocycles. The molecular weight excluding hydrogens is 345 g/mol. The Bertz CT molecular complexity index is 427. The number of aromatic nitrogens is 1. The lowest BCUT2D eigenvalue weighted by Crippen LogP contribution is -2.18. The van der Waals surface area contributed by atoms with E-state index >= 15 is 0 Å². The maximum absolute atomic E-state index is 11.9. The lowest BCUT2D eigenvalue weighted by molar-refractivity contribution is -0.276. The Labute approximate surface area is 99.1 Å². The van der Waals surface area contributed by atoms with Crippen LogP contribution in [0.5, 0.6) is 5.88 Å². The average Bonchev–Trinajstić information content (AvgIpc) is 2.08. The molecule has 1 aromatic rings. The van der Waals surface area contributed by atoms with Crippen LogP contribution in [0.25, 0.3) is 0 Å². The highest BCUT2D eigenvalue weighted by Gasteiger charge is 2.33. The van der Waals surface area contributed by atoms with Crippen LogP contribution in [0.3, 0.4) is 0 Å². The quantitative estimate of drug-likeness (QED) is 0.733. The van der Waals surface area contributed by atoms with Crippen LogP contribution in [0.2, 0.25) is 0 Å². The molecule has 1 heterocycles. The number of ether oxygens (including phenoxy) is 1. The summed E-state index contributed by atoms with van der Waals surface area (Å²) in [4.78, 5) is 3.43. The third kappa shape index (κ3) is 3.35. The zero-order valence-electron chi connectivity index (χ0n) is 6.77. The van der Waals surface area contributed by atoms with Crippen molar-refractivity contribution in [3.05, 3.63) is 20.7 Å². The van der Waals surface area contributed by atoms with Gasteiger partial charge in [-0.1, -0.05) is 0 Å². The van der Waals surface area contributed by atoms with Gasteiger partial charge >= 0.3 is 6.36 Å². The topological polar surface area (TPSA) is 45.9 Å². The highest BCUT2D eigenvalue weighted by atomic mass is 79.9. The van der Waals surface area contributed by atoms with E-state index < -0.39 is 12.2 Å². The molecule has 0 unspecified atom stereocenters. The smallest absolute Gasteiger partial charge is 0.387 e. The number of alkyl halides is 3. The molecule has 0 aliphatic rings. The first-order valence-electron chi connectivity index (χ1n) is 3.35. The summed E-state index contributed by atoms with van der Waals surface area (Å²) in [6, 6.07) is 2.93. The largest absolute Gasteiger partial charge is 0.574 e. The number of nitrogens with zero attached hydrogens (tertiary/aromatic N) is 2. The van der Waals surface area contributed by atoms with Crippen LogP contribution in [0, 0.1) is 11.3 Å². The minimum Gasteiger partial charge on any atom is -0.387 e. The molecule has 0 aliphatic carbocycles. The molecule has 0 atom stereocenters. The molecule has 1 aromatic heterocycles. The third-order valence-corrected chi connectivity index (χ3v) is 2.40. The fraction of sp³-hybridized carbons (Fsp3) is 0.143. The predicted molar refractivity (Wildman–Crippen MR) is 51.0 cm³/mol. The van der Waals surface area contributed by atoms with Crippen LogP contribution in [0.4, 0.5) is 13.2 Å². The molecule has 0 spiro atoms. The second kappa shape index (κ2) is 4.37. The molecule has 0 fully saturated rings. The van der Waals surface area contributed by atoms with Gasteiger partial charge in [-0.05, 0) is 37.9 Å². The van der Waals surface area contributed by atoms with E-state index in [1.54, 1.807) is 6.07 Å². The van der Waals surface area contributed by atoms with Gasteiger partial charge in [0.2, 0.25) is 5.88 Å². The van der Waals surface area contributed by atoms with Gasteiger partial charge in [-0.2, -0.15) is 5.26 Å². The van der Waals surface area contributed by atoms with Gasteiger partial charge in [0.25, 0.3) is 0 Å². The van der Waals surface area contributed by atoms with Gasteiger partial charge in [0, 0.05) is 0 Å². The molecule has 0 bridgehead atoms. The van der Waals surface area contributed by atoms with E-state index in [0.29, 0.717) is 0 Å². The summed E-state index contributed by atoms with van der Waals surface area (Å²) in [7, 11) is 0. The summed E-state index contributed by atoms with van der Waals surface area (Å²) in [6.07, 6.45) is -4.82. The summed E-state index contributed by atoms with van der Waals surface area (Å²) < 4.78 is 39.2. The molecular formula is C7HBr2F3N2O. The Morgan fingerprint density at radius 2 is 2.00 bits per heavy atom. The van der Waals surface area contributed by atoms with E-state index in [0.717, 1.165) is 0 Å².